The van der Waals surface area contributed by atoms with Crippen molar-refractivity contribution < 1.29 is 9.59 Å². The van der Waals surface area contributed by atoms with Gasteiger partial charge >= 0.3 is 0 Å². The van der Waals surface area contributed by atoms with Crippen LogP contribution in [0, 0.1) is 0 Å². The molecule has 0 saturated carbocycles. The summed E-state index contributed by atoms with van der Waals surface area (Å²) in [6, 6.07) is 0.153. The van der Waals surface area contributed by atoms with Crippen molar-refractivity contribution in [3.63, 3.8) is 0 Å². The van der Waals surface area contributed by atoms with E-state index in [0.717, 1.165) is 0 Å². The van der Waals surface area contributed by atoms with Crippen LogP contribution in [0.3, 0.4) is 0 Å². The molecule has 0 aliphatic heterocycles. The third-order valence-corrected chi connectivity index (χ3v) is 2.33. The van der Waals surface area contributed by atoms with Gasteiger partial charge in [0, 0.05) is 25.5 Å². The standard InChI is InChI=1S/C10H15N3O2/c1-8(2)12(3)10(15)6-13-5-4-11-9(13)7-14/h4-5,7-8H,6H2,1-3H3. The van der Waals surface area contributed by atoms with Crippen LogP contribution in [0.4, 0.5) is 0 Å². The predicted octanol–water partition coefficient (Wildman–Crippen LogP) is 0.562. The lowest BCUT2D eigenvalue weighted by atomic mass is 10.3. The quantitative estimate of drug-likeness (QED) is 0.681. The van der Waals surface area contributed by atoms with E-state index in [9.17, 15) is 9.59 Å². The zero-order chi connectivity index (χ0) is 11.4. The van der Waals surface area contributed by atoms with Gasteiger partial charge in [0.05, 0.1) is 0 Å². The molecule has 1 heterocycles. The fraction of sp³-hybridized carbons (Fsp3) is 0.500. The Morgan fingerprint density at radius 3 is 2.87 bits per heavy atom. The summed E-state index contributed by atoms with van der Waals surface area (Å²) in [7, 11) is 1.74. The minimum Gasteiger partial charge on any atom is -0.342 e. The molecule has 0 saturated heterocycles. The van der Waals surface area contributed by atoms with Crippen molar-refractivity contribution in [3.05, 3.63) is 18.2 Å². The maximum Gasteiger partial charge on any atom is 0.242 e. The van der Waals surface area contributed by atoms with Gasteiger partial charge in [-0.1, -0.05) is 0 Å². The monoisotopic (exact) mass is 209 g/mol. The molecule has 0 N–H and O–H groups in total. The van der Waals surface area contributed by atoms with Crippen molar-refractivity contribution in [2.75, 3.05) is 7.05 Å². The van der Waals surface area contributed by atoms with E-state index in [0.29, 0.717) is 6.29 Å². The number of carbonyl (C=O) groups is 2. The Labute approximate surface area is 88.7 Å². The smallest absolute Gasteiger partial charge is 0.242 e. The Bertz CT molecular complexity index is 357. The largest absolute Gasteiger partial charge is 0.342 e. The number of imidazole rings is 1. The maximum absolute atomic E-state index is 11.7. The first kappa shape index (κ1) is 11.4. The summed E-state index contributed by atoms with van der Waals surface area (Å²) in [5.74, 6) is 0.242. The zero-order valence-electron chi connectivity index (χ0n) is 9.17. The molecule has 0 radical (unpaired) electrons. The van der Waals surface area contributed by atoms with Crippen LogP contribution in [0.2, 0.25) is 0 Å². The highest BCUT2D eigenvalue weighted by molar-refractivity contribution is 5.77. The van der Waals surface area contributed by atoms with Crippen LogP contribution in [-0.2, 0) is 11.3 Å². The van der Waals surface area contributed by atoms with Crippen LogP contribution in [0.25, 0.3) is 0 Å². The van der Waals surface area contributed by atoms with Crippen LogP contribution < -0.4 is 0 Å². The second-order valence-corrected chi connectivity index (χ2v) is 3.63. The zero-order valence-corrected chi connectivity index (χ0v) is 9.17. The fourth-order valence-corrected chi connectivity index (χ4v) is 1.12. The Kier molecular flexibility index (Phi) is 3.60. The molecule has 1 amide bonds. The molecule has 1 aromatic heterocycles. The van der Waals surface area contributed by atoms with E-state index in [1.54, 1.807) is 18.1 Å². The van der Waals surface area contributed by atoms with Crippen molar-refractivity contribution in [2.45, 2.75) is 26.4 Å². The third kappa shape index (κ3) is 2.65. The summed E-state index contributed by atoms with van der Waals surface area (Å²) in [5.41, 5.74) is 0. The molecule has 0 bridgehead atoms. The van der Waals surface area contributed by atoms with Gasteiger partial charge in [-0.2, -0.15) is 0 Å². The molecule has 0 unspecified atom stereocenters. The Morgan fingerprint density at radius 2 is 2.33 bits per heavy atom. The third-order valence-electron chi connectivity index (χ3n) is 2.33. The van der Waals surface area contributed by atoms with Gasteiger partial charge in [-0.3, -0.25) is 9.59 Å². The molecule has 0 atom stereocenters. The average Bonchev–Trinajstić information content (AvgIpc) is 2.63. The lowest BCUT2D eigenvalue weighted by molar-refractivity contribution is -0.132. The molecular weight excluding hydrogens is 194 g/mol. The van der Waals surface area contributed by atoms with Crippen LogP contribution in [0.15, 0.2) is 12.4 Å². The summed E-state index contributed by atoms with van der Waals surface area (Å²) in [4.78, 5) is 27.7. The van der Waals surface area contributed by atoms with E-state index in [4.69, 9.17) is 0 Å². The number of rotatable bonds is 4. The Morgan fingerprint density at radius 1 is 1.67 bits per heavy atom. The molecule has 5 heteroatoms. The molecule has 0 fully saturated rings. The van der Waals surface area contributed by atoms with E-state index in [-0.39, 0.29) is 24.3 Å². The van der Waals surface area contributed by atoms with Gasteiger partial charge in [0.25, 0.3) is 0 Å². The summed E-state index contributed by atoms with van der Waals surface area (Å²) >= 11 is 0. The summed E-state index contributed by atoms with van der Waals surface area (Å²) in [6.45, 7) is 4.03. The molecular formula is C10H15N3O2. The van der Waals surface area contributed by atoms with E-state index >= 15 is 0 Å². The first-order chi connectivity index (χ1) is 7.06. The Hall–Kier alpha value is -1.65. The highest BCUT2D eigenvalue weighted by Gasteiger charge is 2.13. The highest BCUT2D eigenvalue weighted by Crippen LogP contribution is 1.99. The van der Waals surface area contributed by atoms with Gasteiger partial charge in [0.2, 0.25) is 5.91 Å². The number of hydrogen-bond donors (Lipinski definition) is 0. The molecule has 15 heavy (non-hydrogen) atoms. The van der Waals surface area contributed by atoms with Crippen LogP contribution >= 0.6 is 0 Å². The second kappa shape index (κ2) is 4.72. The normalized spacial score (nSPS) is 10.4. The van der Waals surface area contributed by atoms with E-state index in [2.05, 4.69) is 4.98 Å². The summed E-state index contributed by atoms with van der Waals surface area (Å²) in [5, 5.41) is 0. The molecule has 5 nitrogen and oxygen atoms in total. The predicted molar refractivity (Wildman–Crippen MR) is 55.5 cm³/mol. The Balaban J connectivity index is 2.70. The van der Waals surface area contributed by atoms with Crippen molar-refractivity contribution in [3.8, 4) is 0 Å². The number of nitrogens with zero attached hydrogens (tertiary/aromatic N) is 3. The number of carbonyl (C=O) groups excluding carboxylic acids is 2. The topological polar surface area (TPSA) is 55.2 Å². The lowest BCUT2D eigenvalue weighted by Crippen LogP contribution is -2.35. The highest BCUT2D eigenvalue weighted by atomic mass is 16.2. The van der Waals surface area contributed by atoms with E-state index in [1.165, 1.54) is 10.8 Å². The van der Waals surface area contributed by atoms with Gasteiger partial charge in [0.1, 0.15) is 6.54 Å². The van der Waals surface area contributed by atoms with Crippen molar-refractivity contribution in [1.29, 1.82) is 0 Å². The fourth-order valence-electron chi connectivity index (χ4n) is 1.12. The number of amides is 1. The minimum absolute atomic E-state index is 0.0360. The number of likely N-dealkylation sites (N-methyl/N-ethyl adjacent to an activating group) is 1. The van der Waals surface area contributed by atoms with Crippen LogP contribution in [-0.4, -0.2) is 39.7 Å². The van der Waals surface area contributed by atoms with Gasteiger partial charge in [-0.05, 0) is 13.8 Å². The number of aromatic nitrogens is 2. The SMILES string of the molecule is CC(C)N(C)C(=O)Cn1ccnc1C=O. The van der Waals surface area contributed by atoms with Gasteiger partial charge in [-0.25, -0.2) is 4.98 Å². The summed E-state index contributed by atoms with van der Waals surface area (Å²) in [6.07, 6.45) is 3.77. The second-order valence-electron chi connectivity index (χ2n) is 3.63. The maximum atomic E-state index is 11.7. The van der Waals surface area contributed by atoms with E-state index in [1.807, 2.05) is 13.8 Å². The van der Waals surface area contributed by atoms with Crippen LogP contribution in [0.1, 0.15) is 24.5 Å². The molecule has 0 aliphatic rings. The molecule has 82 valence electrons. The first-order valence-corrected chi connectivity index (χ1v) is 4.78. The van der Waals surface area contributed by atoms with Crippen LogP contribution in [0.5, 0.6) is 0 Å². The van der Waals surface area contributed by atoms with Gasteiger partial charge in [-0.15, -0.1) is 0 Å². The van der Waals surface area contributed by atoms with Crippen molar-refractivity contribution >= 4 is 12.2 Å². The lowest BCUT2D eigenvalue weighted by Gasteiger charge is -2.21. The van der Waals surface area contributed by atoms with Crippen molar-refractivity contribution in [2.24, 2.45) is 0 Å². The van der Waals surface area contributed by atoms with E-state index < -0.39 is 0 Å². The molecule has 1 aromatic rings. The number of aldehydes is 1. The van der Waals surface area contributed by atoms with Crippen molar-refractivity contribution in [1.82, 2.24) is 14.5 Å². The number of hydrogen-bond acceptors (Lipinski definition) is 3. The van der Waals surface area contributed by atoms with Gasteiger partial charge < -0.3 is 9.47 Å². The molecule has 0 aromatic carbocycles. The molecule has 0 spiro atoms. The van der Waals surface area contributed by atoms with Gasteiger partial charge in [0.15, 0.2) is 12.1 Å². The molecule has 1 rings (SSSR count). The molecule has 0 aliphatic carbocycles. The summed E-state index contributed by atoms with van der Waals surface area (Å²) < 4.78 is 1.54. The first-order valence-electron chi connectivity index (χ1n) is 4.78. The average molecular weight is 209 g/mol. The minimum atomic E-state index is -0.0360.